The number of hydrogen-bond acceptors (Lipinski definition) is 1. The minimum Gasteiger partial charge on any atom is -0.315 e. The highest BCUT2D eigenvalue weighted by Gasteiger charge is 1.90. The summed E-state index contributed by atoms with van der Waals surface area (Å²) in [6, 6.07) is 0. The normalized spacial score (nSPS) is 8.22. The molecule has 0 aliphatic heterocycles. The van der Waals surface area contributed by atoms with Crippen molar-refractivity contribution in [2.75, 3.05) is 13.6 Å². The lowest BCUT2D eigenvalue weighted by Crippen LogP contribution is -2.10. The third-order valence-corrected chi connectivity index (χ3v) is 1.13. The molecular weight excluding hydrogens is 110 g/mol. The standard InChI is InChI=1S/C8H13N/c1-5-8(6-9-4)7(2)3/h1,9H,6H2,2-4H3. The van der Waals surface area contributed by atoms with Crippen LogP contribution in [0.1, 0.15) is 13.8 Å². The molecule has 0 fully saturated rings. The Bertz CT molecular complexity index is 144. The summed E-state index contributed by atoms with van der Waals surface area (Å²) in [5.41, 5.74) is 2.27. The van der Waals surface area contributed by atoms with Crippen molar-refractivity contribution in [3.05, 3.63) is 11.1 Å². The van der Waals surface area contributed by atoms with Crippen LogP contribution in [0.25, 0.3) is 0 Å². The molecule has 1 N–H and O–H groups in total. The van der Waals surface area contributed by atoms with Gasteiger partial charge in [0.2, 0.25) is 0 Å². The molecule has 1 heteroatoms. The molecule has 9 heavy (non-hydrogen) atoms. The fraction of sp³-hybridized carbons (Fsp3) is 0.500. The van der Waals surface area contributed by atoms with Crippen molar-refractivity contribution < 1.29 is 0 Å². The number of nitrogens with one attached hydrogen (secondary N) is 1. The third kappa shape index (κ3) is 2.94. The summed E-state index contributed by atoms with van der Waals surface area (Å²) in [5.74, 6) is 2.62. The summed E-state index contributed by atoms with van der Waals surface area (Å²) in [6.07, 6.45) is 5.21. The van der Waals surface area contributed by atoms with E-state index in [2.05, 4.69) is 11.2 Å². The Kier molecular flexibility index (Phi) is 3.83. The van der Waals surface area contributed by atoms with Gasteiger partial charge >= 0.3 is 0 Å². The quantitative estimate of drug-likeness (QED) is 0.544. The van der Waals surface area contributed by atoms with Crippen LogP contribution in [0.4, 0.5) is 0 Å². The van der Waals surface area contributed by atoms with Crippen LogP contribution in [-0.4, -0.2) is 13.6 Å². The highest BCUT2D eigenvalue weighted by Crippen LogP contribution is 1.98. The molecule has 0 amide bonds. The van der Waals surface area contributed by atoms with Crippen LogP contribution in [0.3, 0.4) is 0 Å². The first-order valence-electron chi connectivity index (χ1n) is 3.00. The lowest BCUT2D eigenvalue weighted by atomic mass is 10.1. The van der Waals surface area contributed by atoms with E-state index in [1.54, 1.807) is 0 Å². The lowest BCUT2D eigenvalue weighted by Gasteiger charge is -1.99. The zero-order valence-corrected chi connectivity index (χ0v) is 6.28. The maximum atomic E-state index is 5.21. The van der Waals surface area contributed by atoms with Gasteiger partial charge in [-0.15, -0.1) is 6.42 Å². The third-order valence-electron chi connectivity index (χ3n) is 1.13. The van der Waals surface area contributed by atoms with Crippen LogP contribution in [0.15, 0.2) is 11.1 Å². The molecule has 0 unspecified atom stereocenters. The molecule has 0 spiro atoms. The summed E-state index contributed by atoms with van der Waals surface area (Å²) in [4.78, 5) is 0. The fourth-order valence-corrected chi connectivity index (χ4v) is 0.549. The zero-order chi connectivity index (χ0) is 7.28. The molecule has 0 heterocycles. The molecule has 0 rings (SSSR count). The molecule has 0 saturated carbocycles. The van der Waals surface area contributed by atoms with Crippen molar-refractivity contribution >= 4 is 0 Å². The minimum absolute atomic E-state index is 0.804. The van der Waals surface area contributed by atoms with Gasteiger partial charge in [-0.3, -0.25) is 0 Å². The Morgan fingerprint density at radius 1 is 1.56 bits per heavy atom. The Morgan fingerprint density at radius 3 is 2.22 bits per heavy atom. The second kappa shape index (κ2) is 4.17. The first-order valence-corrected chi connectivity index (χ1v) is 3.00. The maximum Gasteiger partial charge on any atom is 0.0281 e. The van der Waals surface area contributed by atoms with Crippen LogP contribution in [-0.2, 0) is 0 Å². The number of terminal acetylenes is 1. The van der Waals surface area contributed by atoms with Crippen LogP contribution in [0.5, 0.6) is 0 Å². The Hall–Kier alpha value is -0.740. The fourth-order valence-electron chi connectivity index (χ4n) is 0.549. The second-order valence-electron chi connectivity index (χ2n) is 2.15. The van der Waals surface area contributed by atoms with E-state index in [1.807, 2.05) is 20.9 Å². The van der Waals surface area contributed by atoms with Gasteiger partial charge in [-0.2, -0.15) is 0 Å². The first kappa shape index (κ1) is 8.26. The molecular formula is C8H13N. The molecule has 0 radical (unpaired) electrons. The van der Waals surface area contributed by atoms with Gasteiger partial charge in [-0.05, 0) is 20.9 Å². The molecule has 0 aromatic carbocycles. The highest BCUT2D eigenvalue weighted by atomic mass is 14.8. The average molecular weight is 123 g/mol. The SMILES string of the molecule is C#CC(CNC)=C(C)C. The predicted molar refractivity (Wildman–Crippen MR) is 41.1 cm³/mol. The van der Waals surface area contributed by atoms with Gasteiger partial charge in [-0.1, -0.05) is 11.5 Å². The summed E-state index contributed by atoms with van der Waals surface area (Å²) in [5, 5.41) is 3.00. The van der Waals surface area contributed by atoms with E-state index in [9.17, 15) is 0 Å². The van der Waals surface area contributed by atoms with Crippen LogP contribution in [0.2, 0.25) is 0 Å². The molecule has 50 valence electrons. The zero-order valence-electron chi connectivity index (χ0n) is 6.28. The van der Waals surface area contributed by atoms with Gasteiger partial charge in [0.15, 0.2) is 0 Å². The van der Waals surface area contributed by atoms with E-state index in [1.165, 1.54) is 5.57 Å². The van der Waals surface area contributed by atoms with Crippen LogP contribution < -0.4 is 5.32 Å². The van der Waals surface area contributed by atoms with Crippen molar-refractivity contribution in [1.82, 2.24) is 5.32 Å². The van der Waals surface area contributed by atoms with Crippen molar-refractivity contribution in [2.45, 2.75) is 13.8 Å². The summed E-state index contributed by atoms with van der Waals surface area (Å²) in [7, 11) is 1.89. The minimum atomic E-state index is 0.804. The Labute approximate surface area is 57.2 Å². The van der Waals surface area contributed by atoms with Crippen molar-refractivity contribution in [3.8, 4) is 12.3 Å². The van der Waals surface area contributed by atoms with Crippen molar-refractivity contribution in [1.29, 1.82) is 0 Å². The Balaban J connectivity index is 4.04. The average Bonchev–Trinajstić information content (AvgIpc) is 1.82. The number of allylic oxidation sites excluding steroid dienone is 1. The van der Waals surface area contributed by atoms with E-state index < -0.39 is 0 Å². The van der Waals surface area contributed by atoms with Gasteiger partial charge in [0, 0.05) is 12.1 Å². The predicted octanol–water partition coefficient (Wildman–Crippen LogP) is 1.18. The molecule has 0 aliphatic carbocycles. The molecule has 1 nitrogen and oxygen atoms in total. The smallest absolute Gasteiger partial charge is 0.0281 e. The summed E-state index contributed by atoms with van der Waals surface area (Å²) >= 11 is 0. The molecule has 0 saturated heterocycles. The van der Waals surface area contributed by atoms with Crippen LogP contribution in [0, 0.1) is 12.3 Å². The van der Waals surface area contributed by atoms with Gasteiger partial charge in [0.05, 0.1) is 0 Å². The summed E-state index contributed by atoms with van der Waals surface area (Å²) < 4.78 is 0. The van der Waals surface area contributed by atoms with Gasteiger partial charge < -0.3 is 5.32 Å². The molecule has 0 aliphatic rings. The Morgan fingerprint density at radius 2 is 2.11 bits per heavy atom. The van der Waals surface area contributed by atoms with E-state index in [-0.39, 0.29) is 0 Å². The van der Waals surface area contributed by atoms with E-state index in [0.29, 0.717) is 0 Å². The second-order valence-corrected chi connectivity index (χ2v) is 2.15. The number of likely N-dealkylation sites (N-methyl/N-ethyl adjacent to an activating group) is 1. The van der Waals surface area contributed by atoms with Gasteiger partial charge in [0.25, 0.3) is 0 Å². The van der Waals surface area contributed by atoms with E-state index >= 15 is 0 Å². The van der Waals surface area contributed by atoms with Gasteiger partial charge in [0.1, 0.15) is 0 Å². The van der Waals surface area contributed by atoms with E-state index in [4.69, 9.17) is 6.42 Å². The van der Waals surface area contributed by atoms with Crippen molar-refractivity contribution in [2.24, 2.45) is 0 Å². The monoisotopic (exact) mass is 123 g/mol. The van der Waals surface area contributed by atoms with Gasteiger partial charge in [-0.25, -0.2) is 0 Å². The molecule has 0 atom stereocenters. The number of rotatable bonds is 2. The topological polar surface area (TPSA) is 12.0 Å². The maximum absolute atomic E-state index is 5.21. The highest BCUT2D eigenvalue weighted by molar-refractivity contribution is 5.30. The summed E-state index contributed by atoms with van der Waals surface area (Å²) in [6.45, 7) is 4.85. The molecule has 0 bridgehead atoms. The lowest BCUT2D eigenvalue weighted by molar-refractivity contribution is 0.891. The van der Waals surface area contributed by atoms with E-state index in [0.717, 1.165) is 12.1 Å². The molecule has 0 aromatic rings. The van der Waals surface area contributed by atoms with Crippen LogP contribution >= 0.6 is 0 Å². The molecule has 0 aromatic heterocycles. The first-order chi connectivity index (χ1) is 4.22. The van der Waals surface area contributed by atoms with Crippen molar-refractivity contribution in [3.63, 3.8) is 0 Å². The number of hydrogen-bond donors (Lipinski definition) is 1. The largest absolute Gasteiger partial charge is 0.315 e.